The zero-order chi connectivity index (χ0) is 15.5. The molecule has 2 N–H and O–H groups in total. The molecule has 0 saturated carbocycles. The Morgan fingerprint density at radius 2 is 2.00 bits per heavy atom. The first-order chi connectivity index (χ1) is 10.6. The van der Waals surface area contributed by atoms with Gasteiger partial charge in [-0.1, -0.05) is 17.7 Å². The molecule has 0 atom stereocenters. The summed E-state index contributed by atoms with van der Waals surface area (Å²) in [5.41, 5.74) is 1.63. The van der Waals surface area contributed by atoms with Gasteiger partial charge in [-0.25, -0.2) is 4.39 Å². The van der Waals surface area contributed by atoms with Crippen molar-refractivity contribution in [3.05, 3.63) is 52.8 Å². The maximum absolute atomic E-state index is 13.1. The highest BCUT2D eigenvalue weighted by Gasteiger charge is 2.13. The summed E-state index contributed by atoms with van der Waals surface area (Å²) >= 11 is 10.9. The molecule has 4 nitrogen and oxygen atoms in total. The second-order valence-corrected chi connectivity index (χ2v) is 5.44. The lowest BCUT2D eigenvalue weighted by molar-refractivity contribution is 0.174. The molecule has 22 heavy (non-hydrogen) atoms. The summed E-state index contributed by atoms with van der Waals surface area (Å²) in [6.07, 6.45) is 0. The van der Waals surface area contributed by atoms with E-state index in [1.165, 1.54) is 12.1 Å². The van der Waals surface area contributed by atoms with Crippen molar-refractivity contribution in [2.24, 2.45) is 0 Å². The number of benzene rings is 2. The van der Waals surface area contributed by atoms with Gasteiger partial charge in [0.2, 0.25) is 6.79 Å². The lowest BCUT2D eigenvalue weighted by Gasteiger charge is -2.11. The predicted octanol–water partition coefficient (Wildman–Crippen LogP) is 3.69. The maximum Gasteiger partial charge on any atom is 0.231 e. The smallest absolute Gasteiger partial charge is 0.231 e. The number of anilines is 1. The van der Waals surface area contributed by atoms with Gasteiger partial charge in [0, 0.05) is 12.2 Å². The van der Waals surface area contributed by atoms with E-state index in [2.05, 4.69) is 10.6 Å². The zero-order valence-electron chi connectivity index (χ0n) is 11.4. The van der Waals surface area contributed by atoms with Crippen LogP contribution in [0.15, 0.2) is 36.4 Å². The van der Waals surface area contributed by atoms with E-state index in [-0.39, 0.29) is 11.8 Å². The van der Waals surface area contributed by atoms with Crippen LogP contribution in [0, 0.1) is 5.82 Å². The van der Waals surface area contributed by atoms with Crippen molar-refractivity contribution < 1.29 is 13.9 Å². The molecule has 0 bridgehead atoms. The van der Waals surface area contributed by atoms with Crippen LogP contribution < -0.4 is 20.1 Å². The molecule has 0 saturated heterocycles. The molecular formula is C15H12ClFN2O2S. The minimum Gasteiger partial charge on any atom is -0.454 e. The van der Waals surface area contributed by atoms with Gasteiger partial charge in [-0.15, -0.1) is 0 Å². The van der Waals surface area contributed by atoms with Crippen LogP contribution in [0.5, 0.6) is 11.5 Å². The average Bonchev–Trinajstić information content (AvgIpc) is 2.96. The van der Waals surface area contributed by atoms with Gasteiger partial charge in [0.15, 0.2) is 16.6 Å². The van der Waals surface area contributed by atoms with Crippen molar-refractivity contribution in [2.45, 2.75) is 6.54 Å². The van der Waals surface area contributed by atoms with E-state index in [0.29, 0.717) is 17.3 Å². The van der Waals surface area contributed by atoms with Crippen LogP contribution in [0.25, 0.3) is 0 Å². The molecule has 2 aromatic rings. The third-order valence-corrected chi connectivity index (χ3v) is 3.60. The summed E-state index contributed by atoms with van der Waals surface area (Å²) in [6, 6.07) is 10.0. The number of rotatable bonds is 3. The molecular weight excluding hydrogens is 327 g/mol. The second kappa shape index (κ2) is 6.37. The highest BCUT2D eigenvalue weighted by Crippen LogP contribution is 2.32. The fraction of sp³-hybridized carbons (Fsp3) is 0.133. The van der Waals surface area contributed by atoms with E-state index in [4.69, 9.17) is 33.3 Å². The SMILES string of the molecule is Fc1ccc(NC(=S)NCc2ccc3c(c2)OCO3)cc1Cl. The number of hydrogen-bond donors (Lipinski definition) is 2. The Morgan fingerprint density at radius 3 is 2.82 bits per heavy atom. The van der Waals surface area contributed by atoms with E-state index in [1.54, 1.807) is 6.07 Å². The van der Waals surface area contributed by atoms with E-state index in [0.717, 1.165) is 17.1 Å². The lowest BCUT2D eigenvalue weighted by atomic mass is 10.2. The Balaban J connectivity index is 1.57. The number of hydrogen-bond acceptors (Lipinski definition) is 3. The Labute approximate surface area is 137 Å². The summed E-state index contributed by atoms with van der Waals surface area (Å²) < 4.78 is 23.7. The number of ether oxygens (including phenoxy) is 2. The van der Waals surface area contributed by atoms with Crippen LogP contribution >= 0.6 is 23.8 Å². The van der Waals surface area contributed by atoms with Gasteiger partial charge in [0.25, 0.3) is 0 Å². The molecule has 1 aliphatic heterocycles. The number of thiocarbonyl (C=S) groups is 1. The molecule has 2 aromatic carbocycles. The van der Waals surface area contributed by atoms with Crippen molar-refractivity contribution in [3.8, 4) is 11.5 Å². The first-order valence-corrected chi connectivity index (χ1v) is 7.29. The van der Waals surface area contributed by atoms with E-state index >= 15 is 0 Å². The highest BCUT2D eigenvalue weighted by molar-refractivity contribution is 7.80. The fourth-order valence-corrected chi connectivity index (χ4v) is 2.35. The predicted molar refractivity (Wildman–Crippen MR) is 87.0 cm³/mol. The summed E-state index contributed by atoms with van der Waals surface area (Å²) in [5, 5.41) is 6.47. The average molecular weight is 339 g/mol. The molecule has 0 aromatic heterocycles. The monoisotopic (exact) mass is 338 g/mol. The number of fused-ring (bicyclic) bond motifs is 1. The summed E-state index contributed by atoms with van der Waals surface area (Å²) in [4.78, 5) is 0. The minimum atomic E-state index is -0.466. The van der Waals surface area contributed by atoms with Crippen LogP contribution in [0.3, 0.4) is 0 Å². The molecule has 0 fully saturated rings. The van der Waals surface area contributed by atoms with Crippen molar-refractivity contribution in [1.82, 2.24) is 5.32 Å². The third-order valence-electron chi connectivity index (χ3n) is 3.07. The third kappa shape index (κ3) is 3.40. The normalized spacial score (nSPS) is 12.1. The van der Waals surface area contributed by atoms with E-state index in [1.807, 2.05) is 18.2 Å². The standard InChI is InChI=1S/C15H12ClFN2O2S/c16-11-6-10(2-3-12(11)17)19-15(22)18-7-9-1-4-13-14(5-9)21-8-20-13/h1-6H,7-8H2,(H2,18,19,22). The molecule has 0 spiro atoms. The minimum absolute atomic E-state index is 0.0450. The van der Waals surface area contributed by atoms with Crippen LogP contribution in [-0.4, -0.2) is 11.9 Å². The van der Waals surface area contributed by atoms with E-state index in [9.17, 15) is 4.39 Å². The van der Waals surface area contributed by atoms with Crippen molar-refractivity contribution in [3.63, 3.8) is 0 Å². The van der Waals surface area contributed by atoms with Crippen molar-refractivity contribution in [1.29, 1.82) is 0 Å². The molecule has 114 valence electrons. The topological polar surface area (TPSA) is 42.5 Å². The van der Waals surface area contributed by atoms with Crippen LogP contribution in [0.1, 0.15) is 5.56 Å². The van der Waals surface area contributed by atoms with Gasteiger partial charge in [-0.3, -0.25) is 0 Å². The quantitative estimate of drug-likeness (QED) is 0.835. The van der Waals surface area contributed by atoms with Gasteiger partial charge in [0.1, 0.15) is 5.82 Å². The highest BCUT2D eigenvalue weighted by atomic mass is 35.5. The molecule has 7 heteroatoms. The van der Waals surface area contributed by atoms with Crippen LogP contribution in [-0.2, 0) is 6.54 Å². The van der Waals surface area contributed by atoms with E-state index < -0.39 is 5.82 Å². The lowest BCUT2D eigenvalue weighted by Crippen LogP contribution is -2.27. The fourth-order valence-electron chi connectivity index (χ4n) is 1.98. The number of halogens is 2. The first kappa shape index (κ1) is 14.9. The molecule has 1 aliphatic rings. The first-order valence-electron chi connectivity index (χ1n) is 6.50. The molecule has 1 heterocycles. The maximum atomic E-state index is 13.1. The Bertz CT molecular complexity index is 727. The Morgan fingerprint density at radius 1 is 1.18 bits per heavy atom. The van der Waals surface area contributed by atoms with Crippen LogP contribution in [0.4, 0.5) is 10.1 Å². The van der Waals surface area contributed by atoms with Gasteiger partial charge >= 0.3 is 0 Å². The molecule has 3 rings (SSSR count). The Hall–Kier alpha value is -2.05. The summed E-state index contributed by atoms with van der Waals surface area (Å²) in [6.45, 7) is 0.773. The van der Waals surface area contributed by atoms with Gasteiger partial charge in [-0.2, -0.15) is 0 Å². The van der Waals surface area contributed by atoms with Gasteiger partial charge in [-0.05, 0) is 48.1 Å². The molecule has 0 unspecified atom stereocenters. The zero-order valence-corrected chi connectivity index (χ0v) is 12.9. The number of nitrogens with one attached hydrogen (secondary N) is 2. The second-order valence-electron chi connectivity index (χ2n) is 4.62. The molecule has 0 aliphatic carbocycles. The Kier molecular flexibility index (Phi) is 4.31. The van der Waals surface area contributed by atoms with Crippen molar-refractivity contribution in [2.75, 3.05) is 12.1 Å². The molecule has 0 amide bonds. The molecule has 0 radical (unpaired) electrons. The van der Waals surface area contributed by atoms with Gasteiger partial charge < -0.3 is 20.1 Å². The van der Waals surface area contributed by atoms with Crippen molar-refractivity contribution >= 4 is 34.6 Å². The summed E-state index contributed by atoms with van der Waals surface area (Å²) in [7, 11) is 0. The van der Waals surface area contributed by atoms with Crippen LogP contribution in [0.2, 0.25) is 5.02 Å². The largest absolute Gasteiger partial charge is 0.454 e. The summed E-state index contributed by atoms with van der Waals surface area (Å²) in [5.74, 6) is 1.00. The van der Waals surface area contributed by atoms with Gasteiger partial charge in [0.05, 0.1) is 5.02 Å².